The maximum Gasteiger partial charge on any atom is 0.251 e. The summed E-state index contributed by atoms with van der Waals surface area (Å²) in [6.45, 7) is 2.95. The van der Waals surface area contributed by atoms with Crippen molar-refractivity contribution >= 4 is 5.91 Å². The van der Waals surface area contributed by atoms with E-state index in [9.17, 15) is 4.79 Å². The van der Waals surface area contributed by atoms with Gasteiger partial charge >= 0.3 is 0 Å². The summed E-state index contributed by atoms with van der Waals surface area (Å²) in [5.74, 6) is -0.0430. The summed E-state index contributed by atoms with van der Waals surface area (Å²) >= 11 is 0. The number of hydrogen-bond donors (Lipinski definition) is 2. The molecule has 0 saturated carbocycles. The van der Waals surface area contributed by atoms with E-state index in [1.54, 1.807) is 7.05 Å². The van der Waals surface area contributed by atoms with Crippen LogP contribution in [0.3, 0.4) is 0 Å². The zero-order valence-corrected chi connectivity index (χ0v) is 13.9. The molecule has 2 aromatic rings. The van der Waals surface area contributed by atoms with Gasteiger partial charge in [-0.2, -0.15) is 0 Å². The fraction of sp³-hybridized carbons (Fsp3) is 0.350. The fourth-order valence-electron chi connectivity index (χ4n) is 3.22. The lowest BCUT2D eigenvalue weighted by Gasteiger charge is -2.16. The third-order valence-corrected chi connectivity index (χ3v) is 4.65. The van der Waals surface area contributed by atoms with Crippen molar-refractivity contribution in [2.75, 3.05) is 7.05 Å². The van der Waals surface area contributed by atoms with Gasteiger partial charge in [0, 0.05) is 25.2 Å². The van der Waals surface area contributed by atoms with Gasteiger partial charge in [0.2, 0.25) is 0 Å². The molecule has 0 fully saturated rings. The van der Waals surface area contributed by atoms with Crippen LogP contribution in [0.15, 0.2) is 42.5 Å². The van der Waals surface area contributed by atoms with Gasteiger partial charge in [-0.15, -0.1) is 0 Å². The molecule has 23 heavy (non-hydrogen) atoms. The third-order valence-electron chi connectivity index (χ3n) is 4.65. The lowest BCUT2D eigenvalue weighted by atomic mass is 10.0. The summed E-state index contributed by atoms with van der Waals surface area (Å²) in [4.78, 5) is 11.7. The first-order valence-corrected chi connectivity index (χ1v) is 8.33. The van der Waals surface area contributed by atoms with Crippen molar-refractivity contribution in [2.45, 2.75) is 38.8 Å². The summed E-state index contributed by atoms with van der Waals surface area (Å²) < 4.78 is 0. The van der Waals surface area contributed by atoms with Crippen LogP contribution < -0.4 is 10.6 Å². The van der Waals surface area contributed by atoms with Crippen LogP contribution in [0.1, 0.15) is 52.0 Å². The second-order valence-corrected chi connectivity index (χ2v) is 6.26. The number of carbonyl (C=O) groups is 1. The molecular formula is C20H24N2O. The topological polar surface area (TPSA) is 41.1 Å². The number of fused-ring (bicyclic) bond motifs is 1. The highest BCUT2D eigenvalue weighted by atomic mass is 16.1. The smallest absolute Gasteiger partial charge is 0.251 e. The Morgan fingerprint density at radius 2 is 1.96 bits per heavy atom. The summed E-state index contributed by atoms with van der Waals surface area (Å²) in [6, 6.07) is 14.9. The molecule has 0 bridgehead atoms. The molecule has 1 aliphatic rings. The first kappa shape index (κ1) is 15.8. The minimum atomic E-state index is -0.0430. The van der Waals surface area contributed by atoms with Gasteiger partial charge < -0.3 is 10.6 Å². The molecule has 3 nitrogen and oxygen atoms in total. The Labute approximate surface area is 138 Å². The van der Waals surface area contributed by atoms with Crippen molar-refractivity contribution in [3.63, 3.8) is 0 Å². The SMILES string of the molecule is CNC(=O)c1cccc(CN[C@@H](C)c2ccc3c(c2)CCC3)c1. The summed E-state index contributed by atoms with van der Waals surface area (Å²) in [5, 5.41) is 6.22. The third kappa shape index (κ3) is 3.62. The molecule has 1 atom stereocenters. The monoisotopic (exact) mass is 308 g/mol. The number of carbonyl (C=O) groups excluding carboxylic acids is 1. The average molecular weight is 308 g/mol. The van der Waals surface area contributed by atoms with E-state index in [2.05, 4.69) is 41.8 Å². The minimum absolute atomic E-state index is 0.0430. The Hall–Kier alpha value is -2.13. The van der Waals surface area contributed by atoms with Crippen LogP contribution in [-0.4, -0.2) is 13.0 Å². The van der Waals surface area contributed by atoms with Crippen LogP contribution in [0.4, 0.5) is 0 Å². The van der Waals surface area contributed by atoms with Crippen molar-refractivity contribution in [1.29, 1.82) is 0 Å². The van der Waals surface area contributed by atoms with Crippen LogP contribution in [-0.2, 0) is 19.4 Å². The molecule has 0 aliphatic heterocycles. The molecule has 2 N–H and O–H groups in total. The summed E-state index contributed by atoms with van der Waals surface area (Å²) in [6.07, 6.45) is 3.72. The highest BCUT2D eigenvalue weighted by Gasteiger charge is 2.13. The Morgan fingerprint density at radius 3 is 2.78 bits per heavy atom. The Balaban J connectivity index is 1.65. The number of benzene rings is 2. The van der Waals surface area contributed by atoms with Crippen molar-refractivity contribution in [1.82, 2.24) is 10.6 Å². The maximum atomic E-state index is 11.7. The van der Waals surface area contributed by atoms with E-state index >= 15 is 0 Å². The highest BCUT2D eigenvalue weighted by Crippen LogP contribution is 2.25. The number of hydrogen-bond acceptors (Lipinski definition) is 2. The zero-order chi connectivity index (χ0) is 16.2. The van der Waals surface area contributed by atoms with E-state index in [0.29, 0.717) is 11.6 Å². The molecule has 0 aromatic heterocycles. The normalized spacial score (nSPS) is 14.3. The van der Waals surface area contributed by atoms with E-state index in [1.807, 2.05) is 18.2 Å². The minimum Gasteiger partial charge on any atom is -0.355 e. The molecule has 120 valence electrons. The van der Waals surface area contributed by atoms with Gasteiger partial charge in [-0.25, -0.2) is 0 Å². The Kier molecular flexibility index (Phi) is 4.77. The van der Waals surface area contributed by atoms with Crippen molar-refractivity contribution in [3.8, 4) is 0 Å². The van der Waals surface area contributed by atoms with E-state index in [1.165, 1.54) is 36.0 Å². The lowest BCUT2D eigenvalue weighted by Crippen LogP contribution is -2.20. The Morgan fingerprint density at radius 1 is 1.13 bits per heavy atom. The van der Waals surface area contributed by atoms with E-state index in [0.717, 1.165) is 12.1 Å². The first-order valence-electron chi connectivity index (χ1n) is 8.33. The van der Waals surface area contributed by atoms with Gasteiger partial charge in [0.25, 0.3) is 5.91 Å². The maximum absolute atomic E-state index is 11.7. The van der Waals surface area contributed by atoms with Crippen LogP contribution in [0.25, 0.3) is 0 Å². The van der Waals surface area contributed by atoms with Crippen molar-refractivity contribution in [2.24, 2.45) is 0 Å². The molecule has 0 saturated heterocycles. The van der Waals surface area contributed by atoms with Crippen LogP contribution in [0.2, 0.25) is 0 Å². The molecule has 2 aromatic carbocycles. The van der Waals surface area contributed by atoms with Gasteiger partial charge in [0.05, 0.1) is 0 Å². The zero-order valence-electron chi connectivity index (χ0n) is 13.9. The molecule has 1 aliphatic carbocycles. The van der Waals surface area contributed by atoms with Gasteiger partial charge in [0.1, 0.15) is 0 Å². The lowest BCUT2D eigenvalue weighted by molar-refractivity contribution is 0.0963. The quantitative estimate of drug-likeness (QED) is 0.889. The summed E-state index contributed by atoms with van der Waals surface area (Å²) in [5.41, 5.74) is 6.20. The molecule has 0 spiro atoms. The standard InChI is InChI=1S/C20H24N2O/c1-14(17-10-9-16-6-4-7-18(16)12-17)22-13-15-5-3-8-19(11-15)20(23)21-2/h3,5,8-12,14,22H,4,6-7,13H2,1-2H3,(H,21,23)/t14-/m0/s1. The molecule has 0 radical (unpaired) electrons. The van der Waals surface area contributed by atoms with Gasteiger partial charge in [-0.05, 0) is 60.6 Å². The second kappa shape index (κ2) is 6.97. The number of aryl methyl sites for hydroxylation is 2. The van der Waals surface area contributed by atoms with Gasteiger partial charge in [-0.1, -0.05) is 30.3 Å². The van der Waals surface area contributed by atoms with Crippen LogP contribution in [0, 0.1) is 0 Å². The van der Waals surface area contributed by atoms with Crippen LogP contribution in [0.5, 0.6) is 0 Å². The number of amides is 1. The highest BCUT2D eigenvalue weighted by molar-refractivity contribution is 5.94. The molecule has 1 amide bonds. The fourth-order valence-corrected chi connectivity index (χ4v) is 3.22. The second-order valence-electron chi connectivity index (χ2n) is 6.26. The number of nitrogens with one attached hydrogen (secondary N) is 2. The summed E-state index contributed by atoms with van der Waals surface area (Å²) in [7, 11) is 1.66. The number of rotatable bonds is 5. The van der Waals surface area contributed by atoms with Gasteiger partial charge in [0.15, 0.2) is 0 Å². The molecular weight excluding hydrogens is 284 g/mol. The van der Waals surface area contributed by atoms with E-state index in [4.69, 9.17) is 0 Å². The van der Waals surface area contributed by atoms with Crippen molar-refractivity contribution < 1.29 is 4.79 Å². The molecule has 0 unspecified atom stereocenters. The predicted molar refractivity (Wildman–Crippen MR) is 93.6 cm³/mol. The Bertz CT molecular complexity index is 709. The molecule has 3 heteroatoms. The molecule has 3 rings (SSSR count). The largest absolute Gasteiger partial charge is 0.355 e. The van der Waals surface area contributed by atoms with Crippen molar-refractivity contribution in [3.05, 3.63) is 70.3 Å². The predicted octanol–water partition coefficient (Wildman–Crippen LogP) is 3.39. The first-order chi connectivity index (χ1) is 11.2. The average Bonchev–Trinajstić information content (AvgIpc) is 3.06. The molecule has 0 heterocycles. The van der Waals surface area contributed by atoms with E-state index < -0.39 is 0 Å². The van der Waals surface area contributed by atoms with E-state index in [-0.39, 0.29) is 5.91 Å². The van der Waals surface area contributed by atoms with Gasteiger partial charge in [-0.3, -0.25) is 4.79 Å². The van der Waals surface area contributed by atoms with Crippen LogP contribution >= 0.6 is 0 Å².